The average molecular weight is 275 g/mol. The largest absolute Gasteiger partial charge is 0.334 e. The summed E-state index contributed by atoms with van der Waals surface area (Å²) in [4.78, 5) is 14.3. The number of nitrogens with one attached hydrogen (secondary N) is 2. The maximum Gasteiger partial charge on any atom is 0.315 e. The van der Waals surface area contributed by atoms with Crippen LogP contribution in [0.2, 0.25) is 0 Å². The van der Waals surface area contributed by atoms with Gasteiger partial charge in [0, 0.05) is 31.7 Å². The van der Waals surface area contributed by atoms with Crippen LogP contribution in [0.15, 0.2) is 30.3 Å². The predicted octanol–water partition coefficient (Wildman–Crippen LogP) is 2.36. The number of carbonyl (C=O) groups excluding carboxylic acids is 1. The number of likely N-dealkylation sites (tertiary alicyclic amines) is 1. The summed E-state index contributed by atoms with van der Waals surface area (Å²) < 4.78 is 0. The van der Waals surface area contributed by atoms with E-state index in [-0.39, 0.29) is 12.1 Å². The van der Waals surface area contributed by atoms with Crippen LogP contribution in [0.5, 0.6) is 0 Å². The number of hydrogen-bond donors (Lipinski definition) is 2. The van der Waals surface area contributed by atoms with Gasteiger partial charge in [-0.15, -0.1) is 0 Å². The van der Waals surface area contributed by atoms with Gasteiger partial charge >= 0.3 is 6.03 Å². The standard InChI is InChI=1S/C16H25N3O/c1-3-13(2)19-10-9-15(12-19)18-16(20)17-11-14-7-5-4-6-8-14/h4-8,13,15H,3,9-12H2,1-2H3,(H2,17,18,20). The molecule has 0 aromatic heterocycles. The van der Waals surface area contributed by atoms with Gasteiger partial charge < -0.3 is 10.6 Å². The van der Waals surface area contributed by atoms with Crippen LogP contribution in [0, 0.1) is 0 Å². The second-order valence-corrected chi connectivity index (χ2v) is 5.55. The van der Waals surface area contributed by atoms with Gasteiger partial charge in [0.1, 0.15) is 0 Å². The summed E-state index contributed by atoms with van der Waals surface area (Å²) in [5.74, 6) is 0. The van der Waals surface area contributed by atoms with Gasteiger partial charge in [0.2, 0.25) is 0 Å². The zero-order valence-corrected chi connectivity index (χ0v) is 12.4. The Bertz CT molecular complexity index is 421. The van der Waals surface area contributed by atoms with E-state index >= 15 is 0 Å². The van der Waals surface area contributed by atoms with Gasteiger partial charge in [-0.3, -0.25) is 4.90 Å². The fourth-order valence-corrected chi connectivity index (χ4v) is 2.58. The van der Waals surface area contributed by atoms with Crippen LogP contribution in [-0.2, 0) is 6.54 Å². The molecule has 0 spiro atoms. The molecule has 1 aromatic carbocycles. The summed E-state index contributed by atoms with van der Waals surface area (Å²) in [6.07, 6.45) is 2.20. The Morgan fingerprint density at radius 1 is 1.40 bits per heavy atom. The Balaban J connectivity index is 1.70. The fourth-order valence-electron chi connectivity index (χ4n) is 2.58. The van der Waals surface area contributed by atoms with Gasteiger partial charge in [0.15, 0.2) is 0 Å². The molecule has 1 saturated heterocycles. The Labute approximate surface area is 121 Å². The lowest BCUT2D eigenvalue weighted by molar-refractivity contribution is 0.229. The van der Waals surface area contributed by atoms with E-state index in [1.807, 2.05) is 30.3 Å². The van der Waals surface area contributed by atoms with Crippen molar-refractivity contribution in [3.8, 4) is 0 Å². The molecule has 2 rings (SSSR count). The van der Waals surface area contributed by atoms with E-state index in [2.05, 4.69) is 29.4 Å². The molecule has 20 heavy (non-hydrogen) atoms. The Morgan fingerprint density at radius 2 is 2.15 bits per heavy atom. The maximum atomic E-state index is 11.9. The summed E-state index contributed by atoms with van der Waals surface area (Å²) in [7, 11) is 0. The van der Waals surface area contributed by atoms with Crippen molar-refractivity contribution in [3.05, 3.63) is 35.9 Å². The van der Waals surface area contributed by atoms with Crippen LogP contribution in [-0.4, -0.2) is 36.1 Å². The lowest BCUT2D eigenvalue weighted by Crippen LogP contribution is -2.43. The van der Waals surface area contributed by atoms with E-state index < -0.39 is 0 Å². The first kappa shape index (κ1) is 14.9. The van der Waals surface area contributed by atoms with Gasteiger partial charge in [0.05, 0.1) is 0 Å². The molecule has 1 fully saturated rings. The molecule has 0 saturated carbocycles. The molecule has 1 heterocycles. The first-order valence-corrected chi connectivity index (χ1v) is 7.51. The van der Waals surface area contributed by atoms with Crippen molar-refractivity contribution in [1.29, 1.82) is 0 Å². The van der Waals surface area contributed by atoms with E-state index in [0.717, 1.165) is 31.5 Å². The van der Waals surface area contributed by atoms with Crippen molar-refractivity contribution in [1.82, 2.24) is 15.5 Å². The van der Waals surface area contributed by atoms with Crippen molar-refractivity contribution >= 4 is 6.03 Å². The number of urea groups is 1. The molecule has 4 nitrogen and oxygen atoms in total. The fraction of sp³-hybridized carbons (Fsp3) is 0.562. The lowest BCUT2D eigenvalue weighted by Gasteiger charge is -2.23. The van der Waals surface area contributed by atoms with Crippen LogP contribution >= 0.6 is 0 Å². The lowest BCUT2D eigenvalue weighted by atomic mass is 10.2. The second kappa shape index (κ2) is 7.29. The minimum absolute atomic E-state index is 0.0649. The van der Waals surface area contributed by atoms with Crippen LogP contribution in [0.25, 0.3) is 0 Å². The first-order chi connectivity index (χ1) is 9.69. The predicted molar refractivity (Wildman–Crippen MR) is 81.5 cm³/mol. The Kier molecular flexibility index (Phi) is 5.41. The summed E-state index contributed by atoms with van der Waals surface area (Å²) in [6, 6.07) is 10.8. The normalized spacial score (nSPS) is 20.6. The molecule has 2 N–H and O–H groups in total. The van der Waals surface area contributed by atoms with Crippen molar-refractivity contribution in [2.45, 2.75) is 45.3 Å². The molecule has 0 radical (unpaired) electrons. The van der Waals surface area contributed by atoms with Crippen molar-refractivity contribution in [2.24, 2.45) is 0 Å². The maximum absolute atomic E-state index is 11.9. The molecule has 1 aliphatic rings. The third-order valence-electron chi connectivity index (χ3n) is 4.06. The van der Waals surface area contributed by atoms with Gasteiger partial charge in [-0.1, -0.05) is 37.3 Å². The summed E-state index contributed by atoms with van der Waals surface area (Å²) in [6.45, 7) is 7.08. The number of amides is 2. The molecular formula is C16H25N3O. The van der Waals surface area contributed by atoms with E-state index in [4.69, 9.17) is 0 Å². The molecule has 0 aliphatic carbocycles. The molecule has 1 aliphatic heterocycles. The van der Waals surface area contributed by atoms with E-state index in [0.29, 0.717) is 12.6 Å². The number of hydrogen-bond acceptors (Lipinski definition) is 2. The number of rotatable bonds is 5. The number of carbonyl (C=O) groups is 1. The molecular weight excluding hydrogens is 250 g/mol. The highest BCUT2D eigenvalue weighted by Gasteiger charge is 2.26. The molecule has 2 atom stereocenters. The molecule has 4 heteroatoms. The van der Waals surface area contributed by atoms with Crippen LogP contribution in [0.3, 0.4) is 0 Å². The molecule has 1 aromatic rings. The summed E-state index contributed by atoms with van der Waals surface area (Å²) in [5, 5.41) is 5.98. The molecule has 110 valence electrons. The first-order valence-electron chi connectivity index (χ1n) is 7.51. The van der Waals surface area contributed by atoms with Crippen LogP contribution in [0.4, 0.5) is 4.79 Å². The van der Waals surface area contributed by atoms with Crippen molar-refractivity contribution in [3.63, 3.8) is 0 Å². The van der Waals surface area contributed by atoms with Crippen molar-refractivity contribution in [2.75, 3.05) is 13.1 Å². The van der Waals surface area contributed by atoms with Crippen LogP contribution < -0.4 is 10.6 Å². The zero-order valence-electron chi connectivity index (χ0n) is 12.4. The third kappa shape index (κ3) is 4.23. The number of benzene rings is 1. The van der Waals surface area contributed by atoms with E-state index in [9.17, 15) is 4.79 Å². The number of nitrogens with zero attached hydrogens (tertiary/aromatic N) is 1. The third-order valence-corrected chi connectivity index (χ3v) is 4.06. The highest BCUT2D eigenvalue weighted by atomic mass is 16.2. The highest BCUT2D eigenvalue weighted by Crippen LogP contribution is 2.14. The van der Waals surface area contributed by atoms with Gasteiger partial charge in [-0.05, 0) is 25.3 Å². The van der Waals surface area contributed by atoms with Gasteiger partial charge in [-0.25, -0.2) is 4.79 Å². The summed E-state index contributed by atoms with van der Waals surface area (Å²) >= 11 is 0. The average Bonchev–Trinajstić information content (AvgIpc) is 2.94. The monoisotopic (exact) mass is 275 g/mol. The molecule has 2 amide bonds. The topological polar surface area (TPSA) is 44.4 Å². The molecule has 0 bridgehead atoms. The van der Waals surface area contributed by atoms with Gasteiger partial charge in [0.25, 0.3) is 0 Å². The van der Waals surface area contributed by atoms with Crippen LogP contribution in [0.1, 0.15) is 32.3 Å². The smallest absolute Gasteiger partial charge is 0.315 e. The SMILES string of the molecule is CCC(C)N1CCC(NC(=O)NCc2ccccc2)C1. The second-order valence-electron chi connectivity index (χ2n) is 5.55. The minimum atomic E-state index is -0.0649. The minimum Gasteiger partial charge on any atom is -0.334 e. The molecule has 2 unspecified atom stereocenters. The van der Waals surface area contributed by atoms with E-state index in [1.54, 1.807) is 0 Å². The quantitative estimate of drug-likeness (QED) is 0.866. The zero-order chi connectivity index (χ0) is 14.4. The highest BCUT2D eigenvalue weighted by molar-refractivity contribution is 5.74. The van der Waals surface area contributed by atoms with Crippen molar-refractivity contribution < 1.29 is 4.79 Å². The summed E-state index contributed by atoms with van der Waals surface area (Å²) in [5.41, 5.74) is 1.12. The van der Waals surface area contributed by atoms with E-state index in [1.165, 1.54) is 0 Å². The Hall–Kier alpha value is -1.55. The Morgan fingerprint density at radius 3 is 2.85 bits per heavy atom. The van der Waals surface area contributed by atoms with Gasteiger partial charge in [-0.2, -0.15) is 0 Å².